The highest BCUT2D eigenvalue weighted by atomic mass is 35.5. The molecule has 2 rings (SSSR count). The highest BCUT2D eigenvalue weighted by Gasteiger charge is 2.09. The number of nitrogens with one attached hydrogen (secondary N) is 1. The molecule has 1 aromatic heterocycles. The lowest BCUT2D eigenvalue weighted by Gasteiger charge is -2.07. The van der Waals surface area contributed by atoms with E-state index >= 15 is 0 Å². The van der Waals surface area contributed by atoms with Gasteiger partial charge in [-0.25, -0.2) is 4.79 Å². The molecule has 1 N–H and O–H groups in total. The molecule has 0 fully saturated rings. The summed E-state index contributed by atoms with van der Waals surface area (Å²) in [6, 6.07) is 5.47. The zero-order valence-electron chi connectivity index (χ0n) is 8.95. The molecule has 2 aromatic rings. The summed E-state index contributed by atoms with van der Waals surface area (Å²) < 4.78 is 5.02. The lowest BCUT2D eigenvalue weighted by molar-refractivity contribution is 0.511. The minimum Gasteiger partial charge on any atom is -0.389 e. The number of hydrogen-bond acceptors (Lipinski definition) is 4. The maximum absolute atomic E-state index is 11.7. The molecule has 1 aromatic carbocycles. The third-order valence-electron chi connectivity index (χ3n) is 2.02. The van der Waals surface area contributed by atoms with E-state index in [2.05, 4.69) is 10.3 Å². The van der Waals surface area contributed by atoms with Gasteiger partial charge in [-0.15, -0.1) is 0 Å². The van der Waals surface area contributed by atoms with Crippen LogP contribution in [0.1, 0.15) is 13.8 Å². The average molecular weight is 239 g/mol. The van der Waals surface area contributed by atoms with Crippen molar-refractivity contribution in [2.75, 3.05) is 5.32 Å². The first-order valence-electron chi connectivity index (χ1n) is 4.94. The number of halogens is 1. The molecule has 4 nitrogen and oxygen atoms in total. The van der Waals surface area contributed by atoms with Crippen LogP contribution in [-0.4, -0.2) is 11.0 Å². The van der Waals surface area contributed by atoms with E-state index in [1.165, 1.54) is 0 Å². The second-order valence-corrected chi connectivity index (χ2v) is 4.15. The Morgan fingerprint density at radius 1 is 1.44 bits per heavy atom. The molecule has 5 heteroatoms. The van der Waals surface area contributed by atoms with Crippen molar-refractivity contribution < 1.29 is 4.42 Å². The number of aromatic nitrogens is 1. The van der Waals surface area contributed by atoms with E-state index in [0.29, 0.717) is 15.9 Å². The normalized spacial score (nSPS) is 11.0. The van der Waals surface area contributed by atoms with Crippen molar-refractivity contribution in [3.63, 3.8) is 0 Å². The molecular weight excluding hydrogens is 228 g/mol. The minimum atomic E-state index is -0.473. The Labute approximate surface area is 97.2 Å². The summed E-state index contributed by atoms with van der Waals surface area (Å²) in [5.41, 5.74) is 0.0608. The van der Waals surface area contributed by atoms with Crippen molar-refractivity contribution >= 4 is 28.5 Å². The molecule has 0 unspecified atom stereocenters. The van der Waals surface area contributed by atoms with E-state index in [1.54, 1.807) is 18.2 Å². The largest absolute Gasteiger partial charge is 0.389 e. The smallest absolute Gasteiger partial charge is 0.349 e. The van der Waals surface area contributed by atoms with E-state index in [9.17, 15) is 4.79 Å². The zero-order chi connectivity index (χ0) is 11.7. The Morgan fingerprint density at radius 3 is 2.88 bits per heavy atom. The lowest BCUT2D eigenvalue weighted by Crippen LogP contribution is -2.14. The summed E-state index contributed by atoms with van der Waals surface area (Å²) in [7, 11) is 0. The van der Waals surface area contributed by atoms with Gasteiger partial charge in [-0.2, -0.15) is 4.98 Å². The molecule has 16 heavy (non-hydrogen) atoms. The third-order valence-corrected chi connectivity index (χ3v) is 2.33. The summed E-state index contributed by atoms with van der Waals surface area (Å²) >= 11 is 5.90. The topological polar surface area (TPSA) is 55.1 Å². The van der Waals surface area contributed by atoms with Gasteiger partial charge >= 0.3 is 5.63 Å². The summed E-state index contributed by atoms with van der Waals surface area (Å²) in [4.78, 5) is 15.8. The van der Waals surface area contributed by atoms with Crippen LogP contribution in [0.5, 0.6) is 0 Å². The fourth-order valence-electron chi connectivity index (χ4n) is 1.39. The predicted octanol–water partition coefficient (Wildman–Crippen LogP) is 2.66. The maximum Gasteiger partial charge on any atom is 0.349 e. The van der Waals surface area contributed by atoms with Gasteiger partial charge in [0, 0.05) is 6.04 Å². The standard InChI is InChI=1S/C11H11ClN2O2/c1-6(2)13-11-14-8-5-3-4-7(12)9(8)10(15)16-11/h3-6H,1-2H3,(H,13,14). The van der Waals surface area contributed by atoms with Crippen molar-refractivity contribution in [2.45, 2.75) is 19.9 Å². The number of nitrogens with zero attached hydrogens (tertiary/aromatic N) is 1. The molecule has 0 radical (unpaired) electrons. The average Bonchev–Trinajstić information content (AvgIpc) is 2.15. The highest BCUT2D eigenvalue weighted by molar-refractivity contribution is 6.35. The van der Waals surface area contributed by atoms with E-state index < -0.39 is 5.63 Å². The van der Waals surface area contributed by atoms with Gasteiger partial charge in [0.2, 0.25) is 0 Å². The van der Waals surface area contributed by atoms with Gasteiger partial charge in [0.05, 0.1) is 10.5 Å². The van der Waals surface area contributed by atoms with Crippen molar-refractivity contribution in [3.05, 3.63) is 33.6 Å². The summed E-state index contributed by atoms with van der Waals surface area (Å²) in [5.74, 6) is 0. The monoisotopic (exact) mass is 238 g/mol. The molecule has 84 valence electrons. The Balaban J connectivity index is 2.64. The number of rotatable bonds is 2. The molecule has 0 saturated heterocycles. The van der Waals surface area contributed by atoms with Crippen molar-refractivity contribution in [3.8, 4) is 0 Å². The van der Waals surface area contributed by atoms with E-state index in [1.807, 2.05) is 13.8 Å². The minimum absolute atomic E-state index is 0.146. The number of hydrogen-bond donors (Lipinski definition) is 1. The molecule has 0 amide bonds. The van der Waals surface area contributed by atoms with Crippen LogP contribution in [0.2, 0.25) is 5.02 Å². The zero-order valence-corrected chi connectivity index (χ0v) is 9.71. The fourth-order valence-corrected chi connectivity index (χ4v) is 1.63. The van der Waals surface area contributed by atoms with Crippen LogP contribution in [0.15, 0.2) is 27.4 Å². The van der Waals surface area contributed by atoms with Crippen molar-refractivity contribution in [1.82, 2.24) is 4.98 Å². The first-order valence-corrected chi connectivity index (χ1v) is 5.31. The van der Waals surface area contributed by atoms with Gasteiger partial charge in [0.25, 0.3) is 6.01 Å². The van der Waals surface area contributed by atoms with Gasteiger partial charge in [-0.05, 0) is 26.0 Å². The molecule has 1 heterocycles. The molecule has 0 aliphatic carbocycles. The maximum atomic E-state index is 11.7. The predicted molar refractivity (Wildman–Crippen MR) is 64.0 cm³/mol. The SMILES string of the molecule is CC(C)Nc1nc2cccc(Cl)c2c(=O)o1. The molecule has 0 atom stereocenters. The van der Waals surface area contributed by atoms with Crippen LogP contribution in [0.25, 0.3) is 10.9 Å². The second-order valence-electron chi connectivity index (χ2n) is 3.74. The van der Waals surface area contributed by atoms with Crippen LogP contribution in [0, 0.1) is 0 Å². The lowest BCUT2D eigenvalue weighted by atomic mass is 10.2. The van der Waals surface area contributed by atoms with E-state index in [-0.39, 0.29) is 12.1 Å². The van der Waals surface area contributed by atoms with Crippen LogP contribution in [0.3, 0.4) is 0 Å². The van der Waals surface area contributed by atoms with Gasteiger partial charge in [0.1, 0.15) is 5.39 Å². The molecule has 0 bridgehead atoms. The van der Waals surface area contributed by atoms with Gasteiger partial charge in [0.15, 0.2) is 0 Å². The van der Waals surface area contributed by atoms with Crippen molar-refractivity contribution in [1.29, 1.82) is 0 Å². The molecule has 0 aliphatic heterocycles. The van der Waals surface area contributed by atoms with Crippen LogP contribution >= 0.6 is 11.6 Å². The van der Waals surface area contributed by atoms with Crippen LogP contribution < -0.4 is 10.9 Å². The second kappa shape index (κ2) is 4.14. The molecule has 0 spiro atoms. The molecular formula is C11H11ClN2O2. The molecule has 0 aliphatic rings. The van der Waals surface area contributed by atoms with Crippen LogP contribution in [-0.2, 0) is 0 Å². The number of benzene rings is 1. The first kappa shape index (κ1) is 11.0. The van der Waals surface area contributed by atoms with Gasteiger partial charge in [-0.3, -0.25) is 0 Å². The Morgan fingerprint density at radius 2 is 2.19 bits per heavy atom. The molecule has 0 saturated carbocycles. The van der Waals surface area contributed by atoms with Gasteiger partial charge in [-0.1, -0.05) is 17.7 Å². The first-order chi connectivity index (χ1) is 7.58. The number of fused-ring (bicyclic) bond motifs is 1. The summed E-state index contributed by atoms with van der Waals surface area (Å²) in [5, 5.41) is 3.61. The quantitative estimate of drug-likeness (QED) is 0.874. The summed E-state index contributed by atoms with van der Waals surface area (Å²) in [6.07, 6.45) is 0. The van der Waals surface area contributed by atoms with Crippen LogP contribution in [0.4, 0.5) is 6.01 Å². The highest BCUT2D eigenvalue weighted by Crippen LogP contribution is 2.19. The fraction of sp³-hybridized carbons (Fsp3) is 0.273. The Kier molecular flexibility index (Phi) is 2.83. The Bertz CT molecular complexity index is 578. The van der Waals surface area contributed by atoms with E-state index in [0.717, 1.165) is 0 Å². The van der Waals surface area contributed by atoms with Gasteiger partial charge < -0.3 is 9.73 Å². The summed E-state index contributed by atoms with van der Waals surface area (Å²) in [6.45, 7) is 3.87. The van der Waals surface area contributed by atoms with Crippen molar-refractivity contribution in [2.24, 2.45) is 0 Å². The van der Waals surface area contributed by atoms with E-state index in [4.69, 9.17) is 16.0 Å². The third kappa shape index (κ3) is 2.02. The number of anilines is 1. The Hall–Kier alpha value is -1.55.